The smallest absolute Gasteiger partial charge is 0.245 e. The largest absolute Gasteiger partial charge is 0.399 e. The number of anilines is 1. The van der Waals surface area contributed by atoms with Gasteiger partial charge in [-0.15, -0.1) is 0 Å². The first kappa shape index (κ1) is 16.7. The average Bonchev–Trinajstić information content (AvgIpc) is 2.35. The summed E-state index contributed by atoms with van der Waals surface area (Å²) in [5.74, 6) is -0.357. The van der Waals surface area contributed by atoms with Crippen LogP contribution in [-0.4, -0.2) is 38.3 Å². The third-order valence-corrected chi connectivity index (χ3v) is 5.02. The maximum absolute atomic E-state index is 12.5. The van der Waals surface area contributed by atoms with E-state index in [1.165, 1.54) is 18.2 Å². The van der Waals surface area contributed by atoms with Crippen LogP contribution in [-0.2, 0) is 14.8 Å². The Bertz CT molecular complexity index is 590. The molecular weight excluding hydrogens is 302 g/mol. The van der Waals surface area contributed by atoms with Crippen LogP contribution in [0.25, 0.3) is 0 Å². The van der Waals surface area contributed by atoms with Crippen molar-refractivity contribution < 1.29 is 13.2 Å². The second kappa shape index (κ2) is 6.92. The van der Waals surface area contributed by atoms with Gasteiger partial charge in [0.2, 0.25) is 15.9 Å². The van der Waals surface area contributed by atoms with Gasteiger partial charge in [-0.2, -0.15) is 4.31 Å². The Morgan fingerprint density at radius 1 is 1.40 bits per heavy atom. The van der Waals surface area contributed by atoms with Crippen LogP contribution in [0.5, 0.6) is 0 Å². The van der Waals surface area contributed by atoms with Crippen molar-refractivity contribution in [2.24, 2.45) is 0 Å². The number of nitrogens with two attached hydrogens (primary N) is 1. The number of rotatable bonds is 6. The lowest BCUT2D eigenvalue weighted by Gasteiger charge is -2.20. The van der Waals surface area contributed by atoms with Gasteiger partial charge in [0.1, 0.15) is 4.90 Å². The van der Waals surface area contributed by atoms with Crippen molar-refractivity contribution in [3.63, 3.8) is 0 Å². The highest BCUT2D eigenvalue weighted by molar-refractivity contribution is 7.89. The SMILES string of the molecule is CCNC(=O)CN(CC)S(=O)(=O)c1ccc(N)cc1Cl. The molecule has 0 heterocycles. The number of carbonyl (C=O) groups excluding carboxylic acids is 1. The first-order valence-electron chi connectivity index (χ1n) is 6.14. The van der Waals surface area contributed by atoms with Gasteiger partial charge < -0.3 is 11.1 Å². The highest BCUT2D eigenvalue weighted by atomic mass is 35.5. The van der Waals surface area contributed by atoms with Crippen molar-refractivity contribution in [2.45, 2.75) is 18.7 Å². The van der Waals surface area contributed by atoms with Crippen LogP contribution in [0.2, 0.25) is 5.02 Å². The van der Waals surface area contributed by atoms with Crippen LogP contribution in [0.15, 0.2) is 23.1 Å². The van der Waals surface area contributed by atoms with E-state index in [1.807, 2.05) is 0 Å². The van der Waals surface area contributed by atoms with E-state index in [1.54, 1.807) is 13.8 Å². The van der Waals surface area contributed by atoms with Gasteiger partial charge in [0, 0.05) is 18.8 Å². The lowest BCUT2D eigenvalue weighted by Crippen LogP contribution is -2.40. The fourth-order valence-electron chi connectivity index (χ4n) is 1.65. The van der Waals surface area contributed by atoms with E-state index in [2.05, 4.69) is 5.32 Å². The average molecular weight is 320 g/mol. The van der Waals surface area contributed by atoms with Gasteiger partial charge in [0.15, 0.2) is 0 Å². The molecule has 1 aromatic rings. The van der Waals surface area contributed by atoms with Crippen molar-refractivity contribution in [1.82, 2.24) is 9.62 Å². The van der Waals surface area contributed by atoms with E-state index in [0.29, 0.717) is 12.2 Å². The molecule has 0 saturated heterocycles. The summed E-state index contributed by atoms with van der Waals surface area (Å²) in [5, 5.41) is 2.60. The molecule has 3 N–H and O–H groups in total. The minimum Gasteiger partial charge on any atom is -0.399 e. The maximum atomic E-state index is 12.5. The van der Waals surface area contributed by atoms with Crippen LogP contribution >= 0.6 is 11.6 Å². The second-order valence-corrected chi connectivity index (χ2v) is 6.39. The number of nitrogen functional groups attached to an aromatic ring is 1. The number of halogens is 1. The molecule has 0 radical (unpaired) electrons. The Morgan fingerprint density at radius 2 is 2.05 bits per heavy atom. The zero-order valence-electron chi connectivity index (χ0n) is 11.4. The number of carbonyl (C=O) groups is 1. The zero-order chi connectivity index (χ0) is 15.3. The third-order valence-electron chi connectivity index (χ3n) is 2.62. The van der Waals surface area contributed by atoms with Crippen LogP contribution in [0, 0.1) is 0 Å². The molecule has 0 spiro atoms. The number of sulfonamides is 1. The number of nitrogens with zero attached hydrogens (tertiary/aromatic N) is 1. The molecule has 112 valence electrons. The van der Waals surface area contributed by atoms with Gasteiger partial charge in [0.05, 0.1) is 11.6 Å². The zero-order valence-corrected chi connectivity index (χ0v) is 13.0. The number of likely N-dealkylation sites (N-methyl/N-ethyl adjacent to an activating group) is 2. The number of benzene rings is 1. The first-order valence-corrected chi connectivity index (χ1v) is 7.96. The Morgan fingerprint density at radius 3 is 2.55 bits per heavy atom. The third kappa shape index (κ3) is 3.84. The number of hydrogen-bond acceptors (Lipinski definition) is 4. The fourth-order valence-corrected chi connectivity index (χ4v) is 3.58. The summed E-state index contributed by atoms with van der Waals surface area (Å²) < 4.78 is 26.0. The molecule has 0 aliphatic rings. The summed E-state index contributed by atoms with van der Waals surface area (Å²) in [5.41, 5.74) is 5.92. The normalized spacial score (nSPS) is 11.6. The van der Waals surface area contributed by atoms with E-state index >= 15 is 0 Å². The number of hydrogen-bond donors (Lipinski definition) is 2. The first-order chi connectivity index (χ1) is 9.32. The predicted molar refractivity (Wildman–Crippen MR) is 79.0 cm³/mol. The lowest BCUT2D eigenvalue weighted by atomic mass is 10.3. The Balaban J connectivity index is 3.09. The molecular formula is C12H18ClN3O3S. The molecule has 0 saturated carbocycles. The van der Waals surface area contributed by atoms with Gasteiger partial charge >= 0.3 is 0 Å². The fraction of sp³-hybridized carbons (Fsp3) is 0.417. The maximum Gasteiger partial charge on any atom is 0.245 e. The number of nitrogens with one attached hydrogen (secondary N) is 1. The topological polar surface area (TPSA) is 92.5 Å². The van der Waals surface area contributed by atoms with Gasteiger partial charge in [-0.25, -0.2) is 8.42 Å². The highest BCUT2D eigenvalue weighted by Crippen LogP contribution is 2.26. The molecule has 0 atom stereocenters. The number of amides is 1. The Hall–Kier alpha value is -1.31. The summed E-state index contributed by atoms with van der Waals surface area (Å²) in [4.78, 5) is 11.5. The summed E-state index contributed by atoms with van der Waals surface area (Å²) in [6, 6.07) is 4.17. The van der Waals surface area contributed by atoms with E-state index in [9.17, 15) is 13.2 Å². The van der Waals surface area contributed by atoms with Crippen LogP contribution in [0.4, 0.5) is 5.69 Å². The molecule has 0 fully saturated rings. The Labute approximate surface area is 123 Å². The standard InChI is InChI=1S/C12H18ClN3O3S/c1-3-15-12(17)8-16(4-2)20(18,19)11-6-5-9(14)7-10(11)13/h5-7H,3-4,8,14H2,1-2H3,(H,15,17). The molecule has 6 nitrogen and oxygen atoms in total. The van der Waals surface area contributed by atoms with E-state index in [4.69, 9.17) is 17.3 Å². The van der Waals surface area contributed by atoms with Crippen molar-refractivity contribution in [1.29, 1.82) is 0 Å². The minimum absolute atomic E-state index is 0.0411. The lowest BCUT2D eigenvalue weighted by molar-refractivity contribution is -0.121. The second-order valence-electron chi connectivity index (χ2n) is 4.07. The molecule has 0 aromatic heterocycles. The summed E-state index contributed by atoms with van der Waals surface area (Å²) in [6.07, 6.45) is 0. The van der Waals surface area contributed by atoms with Gasteiger partial charge in [-0.3, -0.25) is 4.79 Å². The molecule has 1 rings (SSSR count). The van der Waals surface area contributed by atoms with Crippen molar-refractivity contribution in [3.05, 3.63) is 23.2 Å². The summed E-state index contributed by atoms with van der Waals surface area (Å²) in [6.45, 7) is 3.79. The molecule has 0 unspecified atom stereocenters. The van der Waals surface area contributed by atoms with Crippen molar-refractivity contribution in [3.8, 4) is 0 Å². The predicted octanol–water partition coefficient (Wildman–Crippen LogP) is 1.07. The minimum atomic E-state index is -3.83. The van der Waals surface area contributed by atoms with Crippen LogP contribution in [0.1, 0.15) is 13.8 Å². The van der Waals surface area contributed by atoms with Crippen LogP contribution in [0.3, 0.4) is 0 Å². The molecule has 0 bridgehead atoms. The van der Waals surface area contributed by atoms with Gasteiger partial charge in [-0.1, -0.05) is 18.5 Å². The van der Waals surface area contributed by atoms with E-state index in [-0.39, 0.29) is 28.9 Å². The molecule has 0 aliphatic heterocycles. The quantitative estimate of drug-likeness (QED) is 0.767. The molecule has 1 aromatic carbocycles. The van der Waals surface area contributed by atoms with Crippen LogP contribution < -0.4 is 11.1 Å². The summed E-state index contributed by atoms with van der Waals surface area (Å²) >= 11 is 5.93. The van der Waals surface area contributed by atoms with Crippen molar-refractivity contribution >= 4 is 33.2 Å². The molecule has 20 heavy (non-hydrogen) atoms. The molecule has 0 aliphatic carbocycles. The monoisotopic (exact) mass is 319 g/mol. The highest BCUT2D eigenvalue weighted by Gasteiger charge is 2.27. The summed E-state index contributed by atoms with van der Waals surface area (Å²) in [7, 11) is -3.83. The van der Waals surface area contributed by atoms with E-state index in [0.717, 1.165) is 4.31 Å². The van der Waals surface area contributed by atoms with Gasteiger partial charge in [-0.05, 0) is 25.1 Å². The van der Waals surface area contributed by atoms with E-state index < -0.39 is 10.0 Å². The molecule has 1 amide bonds. The van der Waals surface area contributed by atoms with Crippen molar-refractivity contribution in [2.75, 3.05) is 25.4 Å². The van der Waals surface area contributed by atoms with Gasteiger partial charge in [0.25, 0.3) is 0 Å². The molecule has 8 heteroatoms. The Kier molecular flexibility index (Phi) is 5.79.